The Balaban J connectivity index is 0.000000186. The average molecular weight is 988 g/mol. The van der Waals surface area contributed by atoms with Gasteiger partial charge in [-0.1, -0.05) is 23.2 Å². The molecule has 2 aliphatic heterocycles. The molecule has 2 saturated carbocycles. The number of hydrogen-bond acceptors (Lipinski definition) is 13. The van der Waals surface area contributed by atoms with Gasteiger partial charge in [0.05, 0.1) is 66.5 Å². The van der Waals surface area contributed by atoms with E-state index in [0.717, 1.165) is 46.4 Å². The lowest BCUT2D eigenvalue weighted by Gasteiger charge is -2.23. The number of ether oxygens (including phenoxy) is 4. The maximum Gasteiger partial charge on any atom is 0.335 e. The summed E-state index contributed by atoms with van der Waals surface area (Å²) in [6, 6.07) is 15.7. The summed E-state index contributed by atoms with van der Waals surface area (Å²) in [5.41, 5.74) is 5.94. The Hall–Kier alpha value is -4.68. The second-order valence-corrected chi connectivity index (χ2v) is 19.8. The van der Waals surface area contributed by atoms with Gasteiger partial charge in [-0.2, -0.15) is 8.61 Å². The minimum atomic E-state index is -4.09. The van der Waals surface area contributed by atoms with E-state index in [9.17, 15) is 45.4 Å². The summed E-state index contributed by atoms with van der Waals surface area (Å²) in [5, 5.41) is 31.4. The van der Waals surface area contributed by atoms with Gasteiger partial charge in [-0.25, -0.2) is 30.4 Å². The molecule has 0 radical (unpaired) electrons. The first kappa shape index (κ1) is 49.7. The number of aromatic carboxylic acids is 1. The predicted molar refractivity (Wildman–Crippen MR) is 233 cm³/mol. The summed E-state index contributed by atoms with van der Waals surface area (Å²) in [4.78, 5) is 23.6. The largest absolute Gasteiger partial charge is 0.489 e. The van der Waals surface area contributed by atoms with Gasteiger partial charge < -0.3 is 45.3 Å². The van der Waals surface area contributed by atoms with E-state index in [4.69, 9.17) is 53.0 Å². The van der Waals surface area contributed by atoms with Gasteiger partial charge >= 0.3 is 5.97 Å². The first-order chi connectivity index (χ1) is 30.8. The Kier molecular flexibility index (Phi) is 16.6. The molecular weight excluding hydrogens is 942 g/mol. The van der Waals surface area contributed by atoms with E-state index < -0.39 is 55.8 Å². The van der Waals surface area contributed by atoms with Crippen molar-refractivity contribution >= 4 is 66.5 Å². The third-order valence-electron chi connectivity index (χ3n) is 9.81. The molecule has 0 bridgehead atoms. The molecule has 2 saturated heterocycles. The molecule has 4 aliphatic rings. The molecule has 0 aromatic heterocycles. The molecule has 2 aliphatic carbocycles. The normalized spacial score (nSPS) is 19.5. The number of aliphatic hydroxyl groups excluding tert-OH is 2. The van der Waals surface area contributed by atoms with E-state index in [-0.39, 0.29) is 113 Å². The maximum absolute atomic E-state index is 13.4. The van der Waals surface area contributed by atoms with Crippen LogP contribution in [0.2, 0.25) is 10.0 Å². The van der Waals surface area contributed by atoms with Gasteiger partial charge in [-0.15, -0.1) is 0 Å². The number of halogens is 4. The standard InChI is InChI=1S/C21H22ClFN2O6S.C15H19NO7S.C6H5ClFN/c22-17-10-14(2-5-18(17)23)24-21(27)13-1-6-19(31-16-3-4-16)20(9-13)32(28,29)25-7-8-30-12-15(26)11-25;17-11-8-16(5-6-22-9-11)24(20,21)14-7-10(15(18)19)1-4-13(14)23-12-2-3-12;7-5-3-4(9)1-2-6(5)8/h1-2,5-6,9-10,15-16,26H,3-4,7-8,11-12H2,(H,24,27);1,4,7,11-12,17H,2-3,5-6,8-9H2,(H,18,19);1-3H,9H2. The van der Waals surface area contributed by atoms with Crippen molar-refractivity contribution in [1.82, 2.24) is 8.61 Å². The van der Waals surface area contributed by atoms with E-state index in [0.29, 0.717) is 5.69 Å². The number of nitrogens with zero attached hydrogens (tertiary/aromatic N) is 2. The van der Waals surface area contributed by atoms with Crippen LogP contribution >= 0.6 is 23.2 Å². The fourth-order valence-electron chi connectivity index (χ4n) is 6.15. The molecule has 1 amide bonds. The summed E-state index contributed by atoms with van der Waals surface area (Å²) >= 11 is 11.1. The number of hydrogen-bond donors (Lipinski definition) is 5. The van der Waals surface area contributed by atoms with Crippen LogP contribution in [0.1, 0.15) is 46.4 Å². The van der Waals surface area contributed by atoms with Gasteiger partial charge in [0, 0.05) is 43.1 Å². The van der Waals surface area contributed by atoms with Gasteiger partial charge in [0.25, 0.3) is 5.91 Å². The van der Waals surface area contributed by atoms with Crippen molar-refractivity contribution in [2.24, 2.45) is 0 Å². The fourth-order valence-corrected chi connectivity index (χ4v) is 9.74. The molecule has 8 rings (SSSR count). The lowest BCUT2D eigenvalue weighted by molar-refractivity contribution is 0.0582. The SMILES string of the molecule is Nc1ccc(F)c(Cl)c1.O=C(Nc1ccc(F)c(Cl)c1)c1ccc(OC2CC2)c(S(=O)(=O)N2CCOCC(O)C2)c1.O=C(O)c1ccc(OC2CC2)c(S(=O)(=O)N2CCOCC(O)C2)c1. The Bertz CT molecular complexity index is 2590. The number of anilines is 2. The van der Waals surface area contributed by atoms with Crippen molar-refractivity contribution in [3.05, 3.63) is 106 Å². The van der Waals surface area contributed by atoms with Gasteiger partial charge in [0.1, 0.15) is 32.9 Å². The average Bonchev–Trinajstić information content (AvgIpc) is 4.18. The number of benzene rings is 4. The number of nitrogens with two attached hydrogens (primary N) is 1. The zero-order valence-corrected chi connectivity index (χ0v) is 37.6. The summed E-state index contributed by atoms with van der Waals surface area (Å²) in [5.74, 6) is -2.59. The molecule has 4 aromatic carbocycles. The highest BCUT2D eigenvalue weighted by Gasteiger charge is 2.36. The Labute approximate surface area is 383 Å². The molecule has 2 unspecified atom stereocenters. The number of nitrogen functional groups attached to an aromatic ring is 1. The van der Waals surface area contributed by atoms with Crippen LogP contribution in [-0.2, 0) is 29.5 Å². The van der Waals surface area contributed by atoms with Crippen LogP contribution in [0.4, 0.5) is 20.2 Å². The molecule has 23 heteroatoms. The minimum absolute atomic E-state index is 0.0346. The number of carbonyl (C=O) groups excluding carboxylic acids is 1. The van der Waals surface area contributed by atoms with E-state index in [2.05, 4.69) is 5.32 Å². The highest BCUT2D eigenvalue weighted by atomic mass is 35.5. The van der Waals surface area contributed by atoms with Crippen LogP contribution in [0.15, 0.2) is 82.6 Å². The lowest BCUT2D eigenvalue weighted by atomic mass is 10.2. The van der Waals surface area contributed by atoms with E-state index in [1.165, 1.54) is 60.7 Å². The quantitative estimate of drug-likeness (QED) is 0.124. The second-order valence-electron chi connectivity index (χ2n) is 15.2. The summed E-state index contributed by atoms with van der Waals surface area (Å²) < 4.78 is 102. The van der Waals surface area contributed by atoms with Crippen molar-refractivity contribution < 1.29 is 69.5 Å². The summed E-state index contributed by atoms with van der Waals surface area (Å²) in [6.07, 6.45) is 1.34. The Morgan fingerprint density at radius 2 is 1.15 bits per heavy atom. The summed E-state index contributed by atoms with van der Waals surface area (Å²) in [7, 11) is -8.11. The molecule has 2 heterocycles. The topological polar surface area (TPSA) is 245 Å². The van der Waals surface area contributed by atoms with Crippen molar-refractivity contribution in [3.63, 3.8) is 0 Å². The number of carboxylic acid groups (broad SMARTS) is 1. The number of rotatable bonds is 11. The van der Waals surface area contributed by atoms with Gasteiger partial charge in [-0.05, 0) is 98.5 Å². The zero-order valence-electron chi connectivity index (χ0n) is 34.4. The Morgan fingerprint density at radius 1 is 0.692 bits per heavy atom. The van der Waals surface area contributed by atoms with Crippen molar-refractivity contribution in [3.8, 4) is 11.5 Å². The van der Waals surface area contributed by atoms with E-state index in [1.54, 1.807) is 0 Å². The minimum Gasteiger partial charge on any atom is -0.489 e. The Morgan fingerprint density at radius 3 is 1.60 bits per heavy atom. The maximum atomic E-state index is 13.4. The van der Waals surface area contributed by atoms with E-state index >= 15 is 0 Å². The number of aliphatic hydroxyl groups is 2. The van der Waals surface area contributed by atoms with Crippen molar-refractivity contribution in [1.29, 1.82) is 0 Å². The first-order valence-corrected chi connectivity index (χ1v) is 23.8. The number of sulfonamides is 2. The molecule has 2 atom stereocenters. The van der Waals surface area contributed by atoms with E-state index in [1.807, 2.05) is 0 Å². The van der Waals surface area contributed by atoms with Crippen LogP contribution in [0.25, 0.3) is 0 Å². The number of β-amino-alcohol motifs (C(OH)–C–C–N with tert-alkyl or cyclic N) is 2. The summed E-state index contributed by atoms with van der Waals surface area (Å²) in [6.45, 7) is 0.311. The monoisotopic (exact) mass is 986 g/mol. The van der Waals surface area contributed by atoms with Crippen LogP contribution < -0.4 is 20.5 Å². The lowest BCUT2D eigenvalue weighted by Crippen LogP contribution is -2.38. The number of carbonyl (C=O) groups is 2. The van der Waals surface area contributed by atoms with Crippen LogP contribution in [-0.4, -0.2) is 130 Å². The molecular formula is C42H46Cl2F2N4O13S2. The van der Waals surface area contributed by atoms with Gasteiger partial charge in [0.2, 0.25) is 20.0 Å². The highest BCUT2D eigenvalue weighted by molar-refractivity contribution is 7.89. The number of amides is 1. The molecule has 4 fully saturated rings. The zero-order chi connectivity index (χ0) is 47.1. The highest BCUT2D eigenvalue weighted by Crippen LogP contribution is 2.36. The smallest absolute Gasteiger partial charge is 0.335 e. The second kappa shape index (κ2) is 21.7. The third-order valence-corrected chi connectivity index (χ3v) is 14.2. The van der Waals surface area contributed by atoms with Gasteiger partial charge in [-0.3, -0.25) is 4.79 Å². The first-order valence-electron chi connectivity index (χ1n) is 20.2. The predicted octanol–water partition coefficient (Wildman–Crippen LogP) is 5.02. The third kappa shape index (κ3) is 13.7. The van der Waals surface area contributed by atoms with Crippen LogP contribution in [0.3, 0.4) is 0 Å². The molecule has 17 nitrogen and oxygen atoms in total. The van der Waals surface area contributed by atoms with Crippen LogP contribution in [0, 0.1) is 11.6 Å². The molecule has 4 aromatic rings. The molecule has 65 heavy (non-hydrogen) atoms. The van der Waals surface area contributed by atoms with Crippen molar-refractivity contribution in [2.75, 3.05) is 63.7 Å². The fraction of sp³-hybridized carbons (Fsp3) is 0.381. The molecule has 0 spiro atoms. The van der Waals surface area contributed by atoms with Crippen LogP contribution in [0.5, 0.6) is 11.5 Å². The van der Waals surface area contributed by atoms with Gasteiger partial charge in [0.15, 0.2) is 0 Å². The number of nitrogens with one attached hydrogen (secondary N) is 1. The molecule has 6 N–H and O–H groups in total. The van der Waals surface area contributed by atoms with Crippen molar-refractivity contribution in [2.45, 2.75) is 59.9 Å². The number of carboxylic acids is 1. The molecule has 352 valence electrons.